The maximum Gasteiger partial charge on any atom is 0.271 e. The fourth-order valence-electron chi connectivity index (χ4n) is 6.87. The summed E-state index contributed by atoms with van der Waals surface area (Å²) in [5, 5.41) is 44.2. The molecular weight excluding hydrogens is 626 g/mol. The zero-order valence-electron chi connectivity index (χ0n) is 26.5. The van der Waals surface area contributed by atoms with Crippen LogP contribution in [0.1, 0.15) is 30.5 Å². The van der Waals surface area contributed by atoms with E-state index < -0.39 is 47.2 Å². The van der Waals surface area contributed by atoms with Crippen molar-refractivity contribution in [2.75, 3.05) is 18.1 Å². The molecule has 0 radical (unpaired) electrons. The van der Waals surface area contributed by atoms with Crippen molar-refractivity contribution in [3.05, 3.63) is 136 Å². The van der Waals surface area contributed by atoms with Gasteiger partial charge in [0.25, 0.3) is 5.69 Å². The maximum atomic E-state index is 14.0. The lowest BCUT2D eigenvalue weighted by molar-refractivity contribution is -0.384. The lowest BCUT2D eigenvalue weighted by atomic mass is 9.68. The summed E-state index contributed by atoms with van der Waals surface area (Å²) in [5.74, 6) is -3.17. The van der Waals surface area contributed by atoms with Crippen LogP contribution in [0.3, 0.4) is 0 Å². The number of hydrogen-bond acceptors (Lipinski definition) is 9. The van der Waals surface area contributed by atoms with E-state index in [1.54, 1.807) is 42.6 Å². The number of phenolic OH excluding ortho intramolecular Hbond substituents is 1. The Kier molecular flexibility index (Phi) is 9.93. The van der Waals surface area contributed by atoms with Crippen molar-refractivity contribution in [3.8, 4) is 11.5 Å². The van der Waals surface area contributed by atoms with Crippen molar-refractivity contribution in [1.29, 1.82) is 0 Å². The van der Waals surface area contributed by atoms with Gasteiger partial charge < -0.3 is 20.1 Å². The van der Waals surface area contributed by atoms with Crippen molar-refractivity contribution in [2.45, 2.75) is 25.4 Å². The predicted molar refractivity (Wildman–Crippen MR) is 182 cm³/mol. The first kappa shape index (κ1) is 33.3. The number of carbonyl (C=O) groups excluding carboxylic acids is 2. The van der Waals surface area contributed by atoms with Gasteiger partial charge in [-0.1, -0.05) is 42.5 Å². The van der Waals surface area contributed by atoms with Crippen LogP contribution in [0.2, 0.25) is 0 Å². The summed E-state index contributed by atoms with van der Waals surface area (Å²) in [4.78, 5) is 44.2. The number of imide groups is 1. The molecule has 1 aliphatic carbocycles. The second-order valence-corrected chi connectivity index (χ2v) is 12.1. The molecule has 1 aromatic heterocycles. The number of ether oxygens (including phenoxy) is 1. The van der Waals surface area contributed by atoms with Gasteiger partial charge in [-0.3, -0.25) is 24.7 Å². The average Bonchev–Trinajstić information content (AvgIpc) is 3.37. The third-order valence-electron chi connectivity index (χ3n) is 9.09. The second-order valence-electron chi connectivity index (χ2n) is 12.1. The monoisotopic (exact) mass is 661 g/mol. The van der Waals surface area contributed by atoms with Gasteiger partial charge in [-0.05, 0) is 90.1 Å². The van der Waals surface area contributed by atoms with Crippen LogP contribution in [0, 0.1) is 27.9 Å². The molecule has 2 amide bonds. The van der Waals surface area contributed by atoms with E-state index in [1.807, 2.05) is 42.5 Å². The molecule has 6 rings (SSSR count). The molecular formula is C38H35N3O8. The topological polar surface area (TPSA) is 163 Å². The smallest absolute Gasteiger partial charge is 0.271 e. The van der Waals surface area contributed by atoms with E-state index in [4.69, 9.17) is 4.74 Å². The molecule has 1 fully saturated rings. The molecule has 0 saturated carbocycles. The van der Waals surface area contributed by atoms with Crippen molar-refractivity contribution in [2.24, 2.45) is 17.8 Å². The number of pyridine rings is 1. The number of aromatic nitrogens is 1. The number of anilines is 1. The average molecular weight is 662 g/mol. The van der Waals surface area contributed by atoms with Crippen LogP contribution in [-0.2, 0) is 9.59 Å². The highest BCUT2D eigenvalue weighted by Crippen LogP contribution is 2.47. The summed E-state index contributed by atoms with van der Waals surface area (Å²) < 4.78 is 6.09. The van der Waals surface area contributed by atoms with E-state index in [-0.39, 0.29) is 36.6 Å². The van der Waals surface area contributed by atoms with Crippen LogP contribution in [0.4, 0.5) is 11.4 Å². The predicted octanol–water partition coefficient (Wildman–Crippen LogP) is 5.57. The lowest BCUT2D eigenvalue weighted by Crippen LogP contribution is -2.40. The number of allylic oxidation sites excluding steroid dienone is 1. The number of hydrogen-bond donors (Lipinski definition) is 3. The quantitative estimate of drug-likeness (QED) is 0.0762. The number of non-ortho nitro benzene ring substituents is 1. The number of phenols is 1. The summed E-state index contributed by atoms with van der Waals surface area (Å²) in [6.45, 7) is -0.503. The zero-order valence-corrected chi connectivity index (χ0v) is 26.5. The Morgan fingerprint density at radius 2 is 1.78 bits per heavy atom. The Morgan fingerprint density at radius 1 is 1.00 bits per heavy atom. The van der Waals surface area contributed by atoms with E-state index in [0.29, 0.717) is 29.0 Å². The third-order valence-corrected chi connectivity index (χ3v) is 9.09. The molecule has 4 atom stereocenters. The van der Waals surface area contributed by atoms with Crippen molar-refractivity contribution >= 4 is 34.8 Å². The van der Waals surface area contributed by atoms with Crippen LogP contribution >= 0.6 is 0 Å². The number of fused-ring (bicyclic) bond motifs is 1. The van der Waals surface area contributed by atoms with Crippen molar-refractivity contribution < 1.29 is 34.6 Å². The summed E-state index contributed by atoms with van der Waals surface area (Å²) in [5.41, 5.74) is 3.10. The number of rotatable bonds is 12. The Bertz CT molecular complexity index is 1910. The summed E-state index contributed by atoms with van der Waals surface area (Å²) in [6, 6.07) is 26.7. The Morgan fingerprint density at radius 3 is 2.49 bits per heavy atom. The SMILES string of the molecule is O=C1[C@@H]2[C@@H](CC(COc3ccccc3)=C([C@H](O)CC/C(=C/c3cccc(O)c3)c3ccccn3)[C@@H]2CO)C(=O)N1c1cccc([N+](=O)[O-])c1. The van der Waals surface area contributed by atoms with Crippen molar-refractivity contribution in [3.63, 3.8) is 0 Å². The zero-order chi connectivity index (χ0) is 34.5. The van der Waals surface area contributed by atoms with Gasteiger partial charge in [-0.2, -0.15) is 0 Å². The summed E-state index contributed by atoms with van der Waals surface area (Å²) in [7, 11) is 0. The van der Waals surface area contributed by atoms with Crippen LogP contribution in [0.5, 0.6) is 11.5 Å². The number of amides is 2. The molecule has 4 aromatic rings. The fraction of sp³-hybridized carbons (Fsp3) is 0.237. The van der Waals surface area contributed by atoms with Crippen LogP contribution in [0.15, 0.2) is 114 Å². The summed E-state index contributed by atoms with van der Waals surface area (Å²) >= 11 is 0. The van der Waals surface area contributed by atoms with Gasteiger partial charge in [-0.15, -0.1) is 0 Å². The Balaban J connectivity index is 1.34. The molecule has 11 nitrogen and oxygen atoms in total. The fourth-order valence-corrected chi connectivity index (χ4v) is 6.87. The molecule has 250 valence electrons. The summed E-state index contributed by atoms with van der Waals surface area (Å²) in [6.07, 6.45) is 3.07. The molecule has 11 heteroatoms. The first-order chi connectivity index (χ1) is 23.7. The molecule has 0 spiro atoms. The van der Waals surface area contributed by atoms with E-state index in [1.165, 1.54) is 24.3 Å². The van der Waals surface area contributed by atoms with Crippen molar-refractivity contribution in [1.82, 2.24) is 4.98 Å². The highest BCUT2D eigenvalue weighted by Gasteiger charge is 2.55. The standard InChI is InChI=1S/C38H35N3O8/c42-22-32-35(34(44)16-15-25(33-14-4-5-17-39-33)18-24-8-6-11-29(43)19-24)26(23-49-30-12-2-1-3-13-30)20-31-36(32)38(46)40(37(31)45)27-9-7-10-28(21-27)41(47)48/h1-14,17-19,21,31-32,34,36,42-44H,15-16,20,22-23H2/b25-18-/t31-,32+,34-,36-/m1/s1. The number of benzene rings is 3. The Labute approximate surface area is 282 Å². The van der Waals surface area contributed by atoms with Crippen LogP contribution in [0.25, 0.3) is 11.6 Å². The number of carbonyl (C=O) groups is 2. The molecule has 3 aromatic carbocycles. The molecule has 0 unspecified atom stereocenters. The number of aliphatic hydroxyl groups excluding tert-OH is 2. The molecule has 1 aliphatic heterocycles. The molecule has 2 heterocycles. The number of nitro groups is 1. The number of aliphatic hydroxyl groups is 2. The van der Waals surface area contributed by atoms with E-state index in [2.05, 4.69) is 4.98 Å². The van der Waals surface area contributed by atoms with E-state index in [9.17, 15) is 35.0 Å². The normalized spacial score (nSPS) is 19.9. The molecule has 2 aliphatic rings. The number of para-hydroxylation sites is 1. The van der Waals surface area contributed by atoms with Gasteiger partial charge in [0, 0.05) is 24.2 Å². The van der Waals surface area contributed by atoms with Crippen LogP contribution < -0.4 is 9.64 Å². The minimum atomic E-state index is -1.13. The number of nitrogens with zero attached hydrogens (tertiary/aromatic N) is 3. The molecule has 0 bridgehead atoms. The highest BCUT2D eigenvalue weighted by molar-refractivity contribution is 6.22. The number of nitro benzene ring substituents is 1. The largest absolute Gasteiger partial charge is 0.508 e. The van der Waals surface area contributed by atoms with E-state index in [0.717, 1.165) is 16.0 Å². The maximum absolute atomic E-state index is 14.0. The first-order valence-corrected chi connectivity index (χ1v) is 16.0. The number of aromatic hydroxyl groups is 1. The van der Waals surface area contributed by atoms with Crippen LogP contribution in [-0.4, -0.2) is 56.4 Å². The molecule has 49 heavy (non-hydrogen) atoms. The second kappa shape index (κ2) is 14.6. The lowest BCUT2D eigenvalue weighted by Gasteiger charge is -2.36. The van der Waals surface area contributed by atoms with Gasteiger partial charge in [0.1, 0.15) is 18.1 Å². The third kappa shape index (κ3) is 7.13. The van der Waals surface area contributed by atoms with Gasteiger partial charge in [0.15, 0.2) is 0 Å². The van der Waals surface area contributed by atoms with Gasteiger partial charge in [0.2, 0.25) is 11.8 Å². The first-order valence-electron chi connectivity index (χ1n) is 16.0. The molecule has 1 saturated heterocycles. The highest BCUT2D eigenvalue weighted by atomic mass is 16.6. The Hall–Kier alpha value is -5.65. The van der Waals surface area contributed by atoms with E-state index >= 15 is 0 Å². The van der Waals surface area contributed by atoms with Gasteiger partial charge >= 0.3 is 0 Å². The van der Waals surface area contributed by atoms with Gasteiger partial charge in [0.05, 0.1) is 40.9 Å². The molecule has 3 N–H and O–H groups in total. The van der Waals surface area contributed by atoms with Gasteiger partial charge in [-0.25, -0.2) is 4.90 Å². The minimum Gasteiger partial charge on any atom is -0.508 e. The minimum absolute atomic E-state index is 0.0145.